The Morgan fingerprint density at radius 3 is 2.06 bits per heavy atom. The zero-order chi connectivity index (χ0) is 22.5. The van der Waals surface area contributed by atoms with Crippen molar-refractivity contribution in [1.29, 1.82) is 0 Å². The molecule has 0 bridgehead atoms. The van der Waals surface area contributed by atoms with E-state index in [0.29, 0.717) is 22.6 Å². The Balaban J connectivity index is 1.67. The van der Waals surface area contributed by atoms with E-state index < -0.39 is 0 Å². The van der Waals surface area contributed by atoms with Crippen LogP contribution in [-0.4, -0.2) is 28.7 Å². The van der Waals surface area contributed by atoms with Crippen LogP contribution < -0.4 is 15.4 Å². The molecule has 4 aromatic rings. The quantitative estimate of drug-likeness (QED) is 0.466. The number of anilines is 2. The lowest BCUT2D eigenvalue weighted by atomic mass is 10.1. The summed E-state index contributed by atoms with van der Waals surface area (Å²) in [5.74, 6) is 0.283. The van der Waals surface area contributed by atoms with Crippen LogP contribution in [0.3, 0.4) is 0 Å². The lowest BCUT2D eigenvalue weighted by Crippen LogP contribution is -2.12. The van der Waals surface area contributed by atoms with E-state index in [2.05, 4.69) is 15.7 Å². The molecular weight excluding hydrogens is 404 g/mol. The second kappa shape index (κ2) is 9.18. The molecule has 2 N–H and O–H groups in total. The average molecular weight is 426 g/mol. The highest BCUT2D eigenvalue weighted by Gasteiger charge is 2.19. The number of para-hydroxylation sites is 1. The molecule has 7 nitrogen and oxygen atoms in total. The molecule has 0 spiro atoms. The minimum absolute atomic E-state index is 0.153. The van der Waals surface area contributed by atoms with Gasteiger partial charge in [-0.1, -0.05) is 18.2 Å². The molecule has 0 unspecified atom stereocenters. The summed E-state index contributed by atoms with van der Waals surface area (Å²) in [5, 5.41) is 10.3. The number of nitrogens with one attached hydrogen (secondary N) is 2. The Morgan fingerprint density at radius 2 is 1.47 bits per heavy atom. The van der Waals surface area contributed by atoms with Gasteiger partial charge in [0.15, 0.2) is 0 Å². The lowest BCUT2D eigenvalue weighted by Gasteiger charge is -2.07. The van der Waals surface area contributed by atoms with Crippen LogP contribution in [0.1, 0.15) is 17.3 Å². The average Bonchev–Trinajstić information content (AvgIpc) is 3.26. The molecule has 0 aliphatic rings. The van der Waals surface area contributed by atoms with E-state index in [4.69, 9.17) is 4.74 Å². The molecule has 0 saturated heterocycles. The summed E-state index contributed by atoms with van der Waals surface area (Å²) in [5.41, 5.74) is 3.91. The second-order valence-electron chi connectivity index (χ2n) is 7.11. The first-order chi connectivity index (χ1) is 15.5. The molecule has 0 aliphatic heterocycles. The molecule has 0 atom stereocenters. The normalized spacial score (nSPS) is 10.4. The molecule has 3 aromatic carbocycles. The lowest BCUT2D eigenvalue weighted by molar-refractivity contribution is -0.114. The first-order valence-corrected chi connectivity index (χ1v) is 10.0. The summed E-state index contributed by atoms with van der Waals surface area (Å²) in [7, 11) is 1.61. The zero-order valence-electron chi connectivity index (χ0n) is 17.7. The van der Waals surface area contributed by atoms with Crippen LogP contribution in [0.4, 0.5) is 11.4 Å². The van der Waals surface area contributed by atoms with Gasteiger partial charge in [0.25, 0.3) is 5.91 Å². The molecular formula is C25H22N4O3. The van der Waals surface area contributed by atoms with Crippen molar-refractivity contribution in [1.82, 2.24) is 9.78 Å². The Morgan fingerprint density at radius 1 is 0.844 bits per heavy atom. The van der Waals surface area contributed by atoms with Crippen LogP contribution in [0, 0.1) is 0 Å². The molecule has 32 heavy (non-hydrogen) atoms. The van der Waals surface area contributed by atoms with E-state index in [0.717, 1.165) is 17.0 Å². The number of methoxy groups -OCH3 is 1. The van der Waals surface area contributed by atoms with Crippen LogP contribution >= 0.6 is 0 Å². The van der Waals surface area contributed by atoms with Crippen molar-refractivity contribution in [2.24, 2.45) is 0 Å². The predicted octanol–water partition coefficient (Wildman–Crippen LogP) is 4.76. The van der Waals surface area contributed by atoms with Gasteiger partial charge in [-0.3, -0.25) is 9.59 Å². The number of nitrogens with zero attached hydrogens (tertiary/aromatic N) is 2. The predicted molar refractivity (Wildman–Crippen MR) is 124 cm³/mol. The summed E-state index contributed by atoms with van der Waals surface area (Å²) in [4.78, 5) is 24.4. The molecule has 0 saturated carbocycles. The number of rotatable bonds is 6. The largest absolute Gasteiger partial charge is 0.497 e. The minimum atomic E-state index is -0.287. The van der Waals surface area contributed by atoms with E-state index in [1.54, 1.807) is 42.3 Å². The van der Waals surface area contributed by atoms with Crippen molar-refractivity contribution >= 4 is 23.2 Å². The Labute approximate surface area is 185 Å². The van der Waals surface area contributed by atoms with Crippen LogP contribution in [0.5, 0.6) is 5.75 Å². The molecule has 4 rings (SSSR count). The number of aromatic nitrogens is 2. The van der Waals surface area contributed by atoms with E-state index in [-0.39, 0.29) is 11.8 Å². The summed E-state index contributed by atoms with van der Waals surface area (Å²) in [6.07, 6.45) is 1.72. The maximum atomic E-state index is 13.2. The number of hydrogen-bond acceptors (Lipinski definition) is 4. The van der Waals surface area contributed by atoms with Gasteiger partial charge in [-0.15, -0.1) is 0 Å². The van der Waals surface area contributed by atoms with E-state index >= 15 is 0 Å². The van der Waals surface area contributed by atoms with Crippen molar-refractivity contribution in [2.75, 3.05) is 17.7 Å². The van der Waals surface area contributed by atoms with Crippen molar-refractivity contribution in [3.63, 3.8) is 0 Å². The van der Waals surface area contributed by atoms with Gasteiger partial charge in [0.1, 0.15) is 11.4 Å². The summed E-state index contributed by atoms with van der Waals surface area (Å²) >= 11 is 0. The Bertz CT molecular complexity index is 1230. The first-order valence-electron chi connectivity index (χ1n) is 10.0. The van der Waals surface area contributed by atoms with Crippen molar-refractivity contribution in [2.45, 2.75) is 6.92 Å². The minimum Gasteiger partial charge on any atom is -0.497 e. The molecule has 0 radical (unpaired) electrons. The number of benzene rings is 3. The number of carbonyl (C=O) groups is 2. The number of hydrogen-bond donors (Lipinski definition) is 2. The maximum absolute atomic E-state index is 13.2. The van der Waals surface area contributed by atoms with Gasteiger partial charge < -0.3 is 15.4 Å². The van der Waals surface area contributed by atoms with Crippen LogP contribution in [0.2, 0.25) is 0 Å². The summed E-state index contributed by atoms with van der Waals surface area (Å²) in [6.45, 7) is 1.45. The van der Waals surface area contributed by atoms with Crippen LogP contribution in [-0.2, 0) is 4.79 Å². The highest BCUT2D eigenvalue weighted by atomic mass is 16.5. The van der Waals surface area contributed by atoms with E-state index in [1.165, 1.54) is 6.92 Å². The van der Waals surface area contributed by atoms with Gasteiger partial charge in [0.05, 0.1) is 18.4 Å². The maximum Gasteiger partial charge on any atom is 0.259 e. The summed E-state index contributed by atoms with van der Waals surface area (Å²) in [6, 6.07) is 23.9. The van der Waals surface area contributed by atoms with Crippen molar-refractivity contribution in [3.05, 3.63) is 90.6 Å². The standard InChI is InChI=1S/C25H22N4O3/c1-17(30)26-19-10-12-20(13-11-19)27-25(31)23-16-29(21-6-4-3-5-7-21)28-24(23)18-8-14-22(32-2)15-9-18/h3-16H,1-2H3,(H,26,30)(H,27,31). The SMILES string of the molecule is COc1ccc(-c2nn(-c3ccccc3)cc2C(=O)Nc2ccc(NC(C)=O)cc2)cc1. The van der Waals surface area contributed by atoms with Crippen LogP contribution in [0.25, 0.3) is 16.9 Å². The highest BCUT2D eigenvalue weighted by Crippen LogP contribution is 2.27. The van der Waals surface area contributed by atoms with Crippen molar-refractivity contribution in [3.8, 4) is 22.7 Å². The Kier molecular flexibility index (Phi) is 5.98. The molecule has 160 valence electrons. The third-order valence-corrected chi connectivity index (χ3v) is 4.81. The van der Waals surface area contributed by atoms with Gasteiger partial charge in [-0.2, -0.15) is 5.10 Å². The van der Waals surface area contributed by atoms with Gasteiger partial charge in [0.2, 0.25) is 5.91 Å². The highest BCUT2D eigenvalue weighted by molar-refractivity contribution is 6.08. The molecule has 7 heteroatoms. The molecule has 2 amide bonds. The van der Waals surface area contributed by atoms with Gasteiger partial charge in [0, 0.05) is 30.1 Å². The molecule has 0 fully saturated rings. The number of ether oxygens (including phenoxy) is 1. The zero-order valence-corrected chi connectivity index (χ0v) is 17.7. The van der Waals surface area contributed by atoms with Gasteiger partial charge in [-0.05, 0) is 60.7 Å². The van der Waals surface area contributed by atoms with Crippen LogP contribution in [0.15, 0.2) is 85.1 Å². The topological polar surface area (TPSA) is 85.2 Å². The molecule has 0 aliphatic carbocycles. The fraction of sp³-hybridized carbons (Fsp3) is 0.0800. The first kappa shape index (κ1) is 20.9. The molecule has 1 heterocycles. The number of amides is 2. The molecule has 1 aromatic heterocycles. The van der Waals surface area contributed by atoms with E-state index in [9.17, 15) is 9.59 Å². The van der Waals surface area contributed by atoms with Gasteiger partial charge >= 0.3 is 0 Å². The monoisotopic (exact) mass is 426 g/mol. The fourth-order valence-corrected chi connectivity index (χ4v) is 3.25. The smallest absolute Gasteiger partial charge is 0.259 e. The third kappa shape index (κ3) is 4.67. The Hall–Kier alpha value is -4.39. The van der Waals surface area contributed by atoms with Crippen molar-refractivity contribution < 1.29 is 14.3 Å². The van der Waals surface area contributed by atoms with Gasteiger partial charge in [-0.25, -0.2) is 4.68 Å². The third-order valence-electron chi connectivity index (χ3n) is 4.81. The second-order valence-corrected chi connectivity index (χ2v) is 7.11. The van der Waals surface area contributed by atoms with E-state index in [1.807, 2.05) is 54.6 Å². The summed E-state index contributed by atoms with van der Waals surface area (Å²) < 4.78 is 6.93. The number of carbonyl (C=O) groups excluding carboxylic acids is 2. The fourth-order valence-electron chi connectivity index (χ4n) is 3.25.